The molecule has 106 valence electrons. The van der Waals surface area contributed by atoms with Crippen molar-refractivity contribution < 1.29 is 4.39 Å². The molecule has 0 heterocycles. The standard InChI is InChI=1S/C17H19ClFN/c1-12(2)17(13-6-4-3-5-7-13)20-11-14-8-9-15(18)10-16(14)19/h3-10,12,17,20H,11H2,1-2H3. The quantitative estimate of drug-likeness (QED) is 0.820. The summed E-state index contributed by atoms with van der Waals surface area (Å²) >= 11 is 5.77. The smallest absolute Gasteiger partial charge is 0.129 e. The molecule has 0 radical (unpaired) electrons. The first-order chi connectivity index (χ1) is 9.58. The van der Waals surface area contributed by atoms with Crippen molar-refractivity contribution in [3.05, 3.63) is 70.5 Å². The lowest BCUT2D eigenvalue weighted by Gasteiger charge is -2.23. The van der Waals surface area contributed by atoms with Gasteiger partial charge in [-0.3, -0.25) is 0 Å². The first-order valence-electron chi connectivity index (χ1n) is 6.80. The van der Waals surface area contributed by atoms with Crippen LogP contribution in [0.15, 0.2) is 48.5 Å². The van der Waals surface area contributed by atoms with Crippen LogP contribution < -0.4 is 5.32 Å². The van der Waals surface area contributed by atoms with E-state index in [0.29, 0.717) is 23.0 Å². The zero-order valence-corrected chi connectivity index (χ0v) is 12.5. The summed E-state index contributed by atoms with van der Waals surface area (Å²) < 4.78 is 13.8. The average molecular weight is 292 g/mol. The van der Waals surface area contributed by atoms with E-state index < -0.39 is 0 Å². The predicted octanol–water partition coefficient (Wildman–Crippen LogP) is 4.97. The van der Waals surface area contributed by atoms with E-state index in [9.17, 15) is 4.39 Å². The molecule has 1 atom stereocenters. The molecule has 0 aromatic heterocycles. The molecule has 0 saturated heterocycles. The van der Waals surface area contributed by atoms with Crippen LogP contribution in [0.3, 0.4) is 0 Å². The lowest BCUT2D eigenvalue weighted by Crippen LogP contribution is -2.25. The highest BCUT2D eigenvalue weighted by atomic mass is 35.5. The van der Waals surface area contributed by atoms with Gasteiger partial charge in [-0.25, -0.2) is 4.39 Å². The van der Waals surface area contributed by atoms with Crippen LogP contribution in [0.4, 0.5) is 4.39 Å². The van der Waals surface area contributed by atoms with Gasteiger partial charge in [0.1, 0.15) is 5.82 Å². The highest BCUT2D eigenvalue weighted by Crippen LogP contribution is 2.22. The summed E-state index contributed by atoms with van der Waals surface area (Å²) in [6.07, 6.45) is 0. The molecule has 0 aliphatic heterocycles. The summed E-state index contributed by atoms with van der Waals surface area (Å²) in [6, 6.07) is 15.2. The van der Waals surface area contributed by atoms with Crippen LogP contribution in [0.2, 0.25) is 5.02 Å². The van der Waals surface area contributed by atoms with Crippen LogP contribution in [0.25, 0.3) is 0 Å². The minimum atomic E-state index is -0.263. The van der Waals surface area contributed by atoms with Crippen LogP contribution >= 0.6 is 11.6 Å². The predicted molar refractivity (Wildman–Crippen MR) is 82.3 cm³/mol. The highest BCUT2D eigenvalue weighted by Gasteiger charge is 2.15. The third-order valence-electron chi connectivity index (χ3n) is 3.35. The summed E-state index contributed by atoms with van der Waals surface area (Å²) in [5, 5.41) is 3.85. The largest absolute Gasteiger partial charge is 0.306 e. The molecule has 1 N–H and O–H groups in total. The molecule has 0 spiro atoms. The van der Waals surface area contributed by atoms with Crippen LogP contribution in [0.1, 0.15) is 31.0 Å². The summed E-state index contributed by atoms with van der Waals surface area (Å²) in [5.74, 6) is 0.160. The van der Waals surface area contributed by atoms with E-state index in [-0.39, 0.29) is 11.9 Å². The Hall–Kier alpha value is -1.38. The first kappa shape index (κ1) is 15.0. The van der Waals surface area contributed by atoms with E-state index in [4.69, 9.17) is 11.6 Å². The third kappa shape index (κ3) is 3.81. The van der Waals surface area contributed by atoms with Gasteiger partial charge in [-0.15, -0.1) is 0 Å². The Labute approximate surface area is 124 Å². The summed E-state index contributed by atoms with van der Waals surface area (Å²) in [4.78, 5) is 0. The van der Waals surface area contributed by atoms with Crippen molar-refractivity contribution in [1.82, 2.24) is 5.32 Å². The van der Waals surface area contributed by atoms with E-state index in [1.54, 1.807) is 12.1 Å². The van der Waals surface area contributed by atoms with Gasteiger partial charge in [-0.05, 0) is 23.6 Å². The molecule has 1 nitrogen and oxygen atoms in total. The van der Waals surface area contributed by atoms with Gasteiger partial charge in [0.2, 0.25) is 0 Å². The van der Waals surface area contributed by atoms with Gasteiger partial charge in [0.05, 0.1) is 0 Å². The first-order valence-corrected chi connectivity index (χ1v) is 7.18. The molecule has 0 saturated carbocycles. The van der Waals surface area contributed by atoms with Gasteiger partial charge in [0.15, 0.2) is 0 Å². The fourth-order valence-electron chi connectivity index (χ4n) is 2.28. The van der Waals surface area contributed by atoms with Gasteiger partial charge in [-0.2, -0.15) is 0 Å². The third-order valence-corrected chi connectivity index (χ3v) is 3.59. The molecule has 2 rings (SSSR count). The van der Waals surface area contributed by atoms with Gasteiger partial charge >= 0.3 is 0 Å². The van der Waals surface area contributed by atoms with Gasteiger partial charge < -0.3 is 5.32 Å². The molecule has 1 unspecified atom stereocenters. The number of nitrogens with one attached hydrogen (secondary N) is 1. The Balaban J connectivity index is 2.10. The molecule has 3 heteroatoms. The lowest BCUT2D eigenvalue weighted by atomic mass is 9.96. The van der Waals surface area contributed by atoms with Crippen molar-refractivity contribution in [2.45, 2.75) is 26.4 Å². The number of hydrogen-bond acceptors (Lipinski definition) is 1. The zero-order chi connectivity index (χ0) is 14.5. The second kappa shape index (κ2) is 6.87. The Morgan fingerprint density at radius 2 is 1.80 bits per heavy atom. The average Bonchev–Trinajstić information content (AvgIpc) is 2.42. The van der Waals surface area contributed by atoms with Crippen LogP contribution in [-0.2, 0) is 6.54 Å². The number of benzene rings is 2. The molecule has 2 aromatic carbocycles. The van der Waals surface area contributed by atoms with Crippen LogP contribution in [0, 0.1) is 11.7 Å². The molecule has 0 fully saturated rings. The maximum atomic E-state index is 13.8. The molecule has 20 heavy (non-hydrogen) atoms. The van der Waals surface area contributed by atoms with Crippen molar-refractivity contribution in [3.8, 4) is 0 Å². The molecular formula is C17H19ClFN. The fraction of sp³-hybridized carbons (Fsp3) is 0.294. The maximum Gasteiger partial charge on any atom is 0.129 e. The van der Waals surface area contributed by atoms with Gasteiger partial charge in [-0.1, -0.05) is 61.8 Å². The van der Waals surface area contributed by atoms with Crippen molar-refractivity contribution in [2.24, 2.45) is 5.92 Å². The molecule has 0 aliphatic rings. The van der Waals surface area contributed by atoms with Gasteiger partial charge in [0.25, 0.3) is 0 Å². The van der Waals surface area contributed by atoms with Crippen LogP contribution in [-0.4, -0.2) is 0 Å². The van der Waals surface area contributed by atoms with E-state index in [2.05, 4.69) is 31.3 Å². The molecule has 0 bridgehead atoms. The Morgan fingerprint density at radius 1 is 1.10 bits per heavy atom. The monoisotopic (exact) mass is 291 g/mol. The molecule has 0 aliphatic carbocycles. The van der Waals surface area contributed by atoms with E-state index in [0.717, 1.165) is 0 Å². The van der Waals surface area contributed by atoms with E-state index >= 15 is 0 Å². The summed E-state index contributed by atoms with van der Waals surface area (Å²) in [7, 11) is 0. The number of halogens is 2. The number of rotatable bonds is 5. The normalized spacial score (nSPS) is 12.7. The Morgan fingerprint density at radius 3 is 2.40 bits per heavy atom. The minimum Gasteiger partial charge on any atom is -0.306 e. The SMILES string of the molecule is CC(C)C(NCc1ccc(Cl)cc1F)c1ccccc1. The van der Waals surface area contributed by atoms with Crippen molar-refractivity contribution in [1.29, 1.82) is 0 Å². The molecular weight excluding hydrogens is 273 g/mol. The highest BCUT2D eigenvalue weighted by molar-refractivity contribution is 6.30. The number of hydrogen-bond donors (Lipinski definition) is 1. The summed E-state index contributed by atoms with van der Waals surface area (Å²) in [5.41, 5.74) is 1.85. The minimum absolute atomic E-state index is 0.200. The van der Waals surface area contributed by atoms with Crippen LogP contribution in [0.5, 0.6) is 0 Å². The lowest BCUT2D eigenvalue weighted by molar-refractivity contribution is 0.406. The topological polar surface area (TPSA) is 12.0 Å². The fourth-order valence-corrected chi connectivity index (χ4v) is 2.44. The van der Waals surface area contributed by atoms with Crippen molar-refractivity contribution >= 4 is 11.6 Å². The van der Waals surface area contributed by atoms with Crippen molar-refractivity contribution in [2.75, 3.05) is 0 Å². The Kier molecular flexibility index (Phi) is 5.16. The molecule has 2 aromatic rings. The maximum absolute atomic E-state index is 13.8. The zero-order valence-electron chi connectivity index (χ0n) is 11.7. The van der Waals surface area contributed by atoms with Gasteiger partial charge in [0, 0.05) is 23.2 Å². The van der Waals surface area contributed by atoms with E-state index in [1.165, 1.54) is 11.6 Å². The second-order valence-corrected chi connectivity index (χ2v) is 5.69. The second-order valence-electron chi connectivity index (χ2n) is 5.25. The Bertz CT molecular complexity index is 554. The van der Waals surface area contributed by atoms with Crippen molar-refractivity contribution in [3.63, 3.8) is 0 Å². The van der Waals surface area contributed by atoms with E-state index in [1.807, 2.05) is 18.2 Å². The summed E-state index contributed by atoms with van der Waals surface area (Å²) in [6.45, 7) is 4.80. The molecule has 0 amide bonds.